The summed E-state index contributed by atoms with van der Waals surface area (Å²) in [5.41, 5.74) is -0.213. The second-order valence-corrected chi connectivity index (χ2v) is 9.67. The first kappa shape index (κ1) is 30.6. The van der Waals surface area contributed by atoms with Gasteiger partial charge < -0.3 is 14.9 Å². The largest absolute Gasteiger partial charge is 0.432 e. The van der Waals surface area contributed by atoms with Gasteiger partial charge in [0.05, 0.1) is 0 Å². The molecule has 0 aliphatic carbocycles. The summed E-state index contributed by atoms with van der Waals surface area (Å²) in [7, 11) is 0. The third-order valence-electron chi connectivity index (χ3n) is 6.59. The number of ether oxygens (including phenoxy) is 1. The van der Waals surface area contributed by atoms with Crippen LogP contribution in [-0.2, 0) is 19.0 Å². The van der Waals surface area contributed by atoms with Crippen molar-refractivity contribution < 1.29 is 36.9 Å². The molecule has 0 fully saturated rings. The number of benzene rings is 3. The molecule has 3 aromatic rings. The van der Waals surface area contributed by atoms with Gasteiger partial charge in [0.2, 0.25) is 0 Å². The number of hydrogen-bond acceptors (Lipinski definition) is 3. The zero-order valence-corrected chi connectivity index (χ0v) is 21.9. The van der Waals surface area contributed by atoms with Gasteiger partial charge in [-0.25, -0.2) is 13.2 Å². The SMILES string of the molecule is OCCCCCCc1ccc(OC(F)(F)c2c(F)cc(-c3ccc(CCCCCCO)cc3F)cc2F)cc1. The molecule has 8 heteroatoms. The van der Waals surface area contributed by atoms with Crippen LogP contribution in [0.2, 0.25) is 0 Å². The minimum atomic E-state index is -4.29. The number of rotatable bonds is 16. The maximum Gasteiger partial charge on any atom is 0.432 e. The van der Waals surface area contributed by atoms with Gasteiger partial charge in [-0.2, -0.15) is 8.78 Å². The van der Waals surface area contributed by atoms with Crippen LogP contribution in [-0.4, -0.2) is 23.4 Å². The number of aliphatic hydroxyl groups is 2. The lowest BCUT2D eigenvalue weighted by Crippen LogP contribution is -2.25. The summed E-state index contributed by atoms with van der Waals surface area (Å²) in [4.78, 5) is 0. The van der Waals surface area contributed by atoms with Gasteiger partial charge in [-0.15, -0.1) is 0 Å². The molecule has 0 radical (unpaired) electrons. The van der Waals surface area contributed by atoms with E-state index in [4.69, 9.17) is 10.2 Å². The Morgan fingerprint density at radius 2 is 1.10 bits per heavy atom. The molecule has 3 nitrogen and oxygen atoms in total. The monoisotopic (exact) mass is 550 g/mol. The van der Waals surface area contributed by atoms with Gasteiger partial charge in [0.15, 0.2) is 0 Å². The highest BCUT2D eigenvalue weighted by molar-refractivity contribution is 5.65. The standard InChI is InChI=1S/C31H35F5O3/c32-27-19-23(10-6-2-4-8-18-38)13-16-26(27)24-20-28(33)30(29(34)21-24)31(35,36)39-25-14-11-22(12-15-25)9-5-1-3-7-17-37/h11-16,19-21,37-38H,1-10,17-18H2. The van der Waals surface area contributed by atoms with Crippen LogP contribution in [0.1, 0.15) is 68.1 Å². The molecule has 0 heterocycles. The van der Waals surface area contributed by atoms with E-state index in [-0.39, 0.29) is 30.1 Å². The van der Waals surface area contributed by atoms with E-state index in [1.165, 1.54) is 24.3 Å². The van der Waals surface area contributed by atoms with Crippen molar-refractivity contribution in [2.24, 2.45) is 0 Å². The summed E-state index contributed by atoms with van der Waals surface area (Å²) in [6, 6.07) is 11.6. The van der Waals surface area contributed by atoms with Gasteiger partial charge in [0.25, 0.3) is 0 Å². The van der Waals surface area contributed by atoms with Crippen LogP contribution in [0.4, 0.5) is 22.0 Å². The maximum absolute atomic E-state index is 14.8. The number of unbranched alkanes of at least 4 members (excludes halogenated alkanes) is 6. The quantitative estimate of drug-likeness (QED) is 0.140. The highest BCUT2D eigenvalue weighted by atomic mass is 19.3. The summed E-state index contributed by atoms with van der Waals surface area (Å²) in [6.45, 7) is 0.288. The first-order valence-corrected chi connectivity index (χ1v) is 13.4. The van der Waals surface area contributed by atoms with E-state index in [9.17, 15) is 22.0 Å². The first-order valence-electron chi connectivity index (χ1n) is 13.4. The molecule has 39 heavy (non-hydrogen) atoms. The van der Waals surface area contributed by atoms with E-state index in [2.05, 4.69) is 4.74 Å². The van der Waals surface area contributed by atoms with E-state index < -0.39 is 29.1 Å². The average molecular weight is 551 g/mol. The Morgan fingerprint density at radius 3 is 1.64 bits per heavy atom. The van der Waals surface area contributed by atoms with Gasteiger partial charge in [0.1, 0.15) is 28.8 Å². The number of halogens is 5. The summed E-state index contributed by atoms with van der Waals surface area (Å²) in [6.07, 6.45) is 3.78. The smallest absolute Gasteiger partial charge is 0.429 e. The fraction of sp³-hybridized carbons (Fsp3) is 0.419. The Hall–Kier alpha value is -2.97. The van der Waals surface area contributed by atoms with E-state index in [0.29, 0.717) is 30.5 Å². The fourth-order valence-electron chi connectivity index (χ4n) is 4.47. The van der Waals surface area contributed by atoms with Crippen LogP contribution in [0.25, 0.3) is 11.1 Å². The number of hydrogen-bond donors (Lipinski definition) is 2. The van der Waals surface area contributed by atoms with Crippen LogP contribution < -0.4 is 4.74 Å². The summed E-state index contributed by atoms with van der Waals surface area (Å²) < 4.78 is 78.7. The predicted molar refractivity (Wildman–Crippen MR) is 141 cm³/mol. The third-order valence-corrected chi connectivity index (χ3v) is 6.59. The van der Waals surface area contributed by atoms with E-state index >= 15 is 0 Å². The topological polar surface area (TPSA) is 49.7 Å². The summed E-state index contributed by atoms with van der Waals surface area (Å²) in [5, 5.41) is 17.6. The third kappa shape index (κ3) is 9.04. The van der Waals surface area contributed by atoms with Gasteiger partial charge in [-0.1, -0.05) is 49.9 Å². The van der Waals surface area contributed by atoms with Crippen LogP contribution in [0.5, 0.6) is 5.75 Å². The molecule has 3 aromatic carbocycles. The van der Waals surface area contributed by atoms with Gasteiger partial charge >= 0.3 is 6.11 Å². The molecular formula is C31H35F5O3. The lowest BCUT2D eigenvalue weighted by Gasteiger charge is -2.20. The Kier molecular flexibility index (Phi) is 11.7. The van der Waals surface area contributed by atoms with Crippen LogP contribution in [0.3, 0.4) is 0 Å². The van der Waals surface area contributed by atoms with E-state index in [1.807, 2.05) is 0 Å². The Bertz CT molecular complexity index is 1160. The Labute approximate surface area is 226 Å². The molecule has 0 atom stereocenters. The van der Waals surface area contributed by atoms with E-state index in [1.54, 1.807) is 18.2 Å². The number of alkyl halides is 2. The molecule has 0 spiro atoms. The van der Waals surface area contributed by atoms with Crippen molar-refractivity contribution >= 4 is 0 Å². The molecule has 0 amide bonds. The lowest BCUT2D eigenvalue weighted by molar-refractivity contribution is -0.189. The molecule has 0 bridgehead atoms. The molecular weight excluding hydrogens is 515 g/mol. The molecule has 0 aromatic heterocycles. The highest BCUT2D eigenvalue weighted by Gasteiger charge is 2.41. The van der Waals surface area contributed by atoms with Gasteiger partial charge in [0, 0.05) is 18.8 Å². The average Bonchev–Trinajstić information content (AvgIpc) is 2.88. The second-order valence-electron chi connectivity index (χ2n) is 9.67. The predicted octanol–water partition coefficient (Wildman–Crippen LogP) is 8.09. The second kappa shape index (κ2) is 15.0. The molecule has 0 saturated heterocycles. The molecule has 0 aliphatic heterocycles. The molecule has 3 rings (SSSR count). The van der Waals surface area contributed by atoms with Crippen LogP contribution >= 0.6 is 0 Å². The van der Waals surface area contributed by atoms with Crippen LogP contribution in [0, 0.1) is 17.5 Å². The fourth-order valence-corrected chi connectivity index (χ4v) is 4.47. The molecule has 0 saturated carbocycles. The van der Waals surface area contributed by atoms with Crippen molar-refractivity contribution in [3.63, 3.8) is 0 Å². The highest BCUT2D eigenvalue weighted by Crippen LogP contribution is 2.37. The van der Waals surface area contributed by atoms with Crippen molar-refractivity contribution in [1.29, 1.82) is 0 Å². The minimum absolute atomic E-state index is 0.0976. The van der Waals surface area contributed by atoms with Crippen molar-refractivity contribution in [2.75, 3.05) is 13.2 Å². The van der Waals surface area contributed by atoms with Gasteiger partial charge in [-0.05, 0) is 85.5 Å². The maximum atomic E-state index is 14.8. The Balaban J connectivity index is 1.68. The van der Waals surface area contributed by atoms with Crippen molar-refractivity contribution in [3.05, 3.63) is 88.7 Å². The molecule has 0 unspecified atom stereocenters. The number of aryl methyl sites for hydroxylation is 2. The zero-order valence-electron chi connectivity index (χ0n) is 21.9. The summed E-state index contributed by atoms with van der Waals surface area (Å²) >= 11 is 0. The van der Waals surface area contributed by atoms with E-state index in [0.717, 1.165) is 56.9 Å². The minimum Gasteiger partial charge on any atom is -0.429 e. The summed E-state index contributed by atoms with van der Waals surface area (Å²) in [5.74, 6) is -4.03. The van der Waals surface area contributed by atoms with Crippen molar-refractivity contribution in [2.45, 2.75) is 70.3 Å². The van der Waals surface area contributed by atoms with Crippen molar-refractivity contribution in [3.8, 4) is 16.9 Å². The lowest BCUT2D eigenvalue weighted by atomic mass is 9.98. The van der Waals surface area contributed by atoms with Crippen LogP contribution in [0.15, 0.2) is 54.6 Å². The normalized spacial score (nSPS) is 11.7. The number of aliphatic hydroxyl groups excluding tert-OH is 2. The first-order chi connectivity index (χ1) is 18.7. The Morgan fingerprint density at radius 1 is 0.590 bits per heavy atom. The van der Waals surface area contributed by atoms with Crippen molar-refractivity contribution in [1.82, 2.24) is 0 Å². The molecule has 0 aliphatic rings. The molecule has 2 N–H and O–H groups in total. The zero-order chi connectivity index (χ0) is 28.3. The molecule has 212 valence electrons. The van der Waals surface area contributed by atoms with Gasteiger partial charge in [-0.3, -0.25) is 0 Å².